The van der Waals surface area contributed by atoms with Crippen molar-refractivity contribution < 1.29 is 4.42 Å². The predicted octanol–water partition coefficient (Wildman–Crippen LogP) is 2.25. The summed E-state index contributed by atoms with van der Waals surface area (Å²) in [6.45, 7) is 6.97. The largest absolute Gasteiger partial charge is 0.437 e. The molecule has 0 unspecified atom stereocenters. The van der Waals surface area contributed by atoms with Crippen LogP contribution in [0.1, 0.15) is 19.7 Å². The second-order valence-corrected chi connectivity index (χ2v) is 3.76. The molecule has 0 bridgehead atoms. The summed E-state index contributed by atoms with van der Waals surface area (Å²) in [5.74, 6) is 0.733. The van der Waals surface area contributed by atoms with Crippen molar-refractivity contribution in [1.29, 1.82) is 0 Å². The fraction of sp³-hybridized carbons (Fsp3) is 0.417. The number of fused-ring (bicyclic) bond motifs is 1. The average molecular weight is 219 g/mol. The van der Waals surface area contributed by atoms with Crippen LogP contribution >= 0.6 is 0 Å². The molecule has 2 N–H and O–H groups in total. The van der Waals surface area contributed by atoms with E-state index in [1.165, 1.54) is 0 Å². The summed E-state index contributed by atoms with van der Waals surface area (Å²) in [5.41, 5.74) is 8.00. The lowest BCUT2D eigenvalue weighted by Crippen LogP contribution is -2.22. The van der Waals surface area contributed by atoms with E-state index < -0.39 is 0 Å². The number of hydrogen-bond donors (Lipinski definition) is 1. The zero-order chi connectivity index (χ0) is 11.5. The molecular weight excluding hydrogens is 202 g/mol. The van der Waals surface area contributed by atoms with Crippen LogP contribution in [0.4, 0.5) is 5.69 Å². The second kappa shape index (κ2) is 4.53. The maximum atomic E-state index is 5.82. The Morgan fingerprint density at radius 3 is 2.69 bits per heavy atom. The Labute approximate surface area is 95.1 Å². The summed E-state index contributed by atoms with van der Waals surface area (Å²) >= 11 is 0. The molecule has 0 aliphatic carbocycles. The molecule has 1 aromatic heterocycles. The number of rotatable bonds is 4. The lowest BCUT2D eigenvalue weighted by molar-refractivity contribution is 0.266. The predicted molar refractivity (Wildman–Crippen MR) is 65.0 cm³/mol. The zero-order valence-corrected chi connectivity index (χ0v) is 9.73. The van der Waals surface area contributed by atoms with E-state index in [1.54, 1.807) is 0 Å². The molecule has 1 heterocycles. The number of nitrogen functional groups attached to an aromatic ring is 1. The first kappa shape index (κ1) is 11.0. The van der Waals surface area contributed by atoms with Gasteiger partial charge in [-0.1, -0.05) is 19.9 Å². The minimum absolute atomic E-state index is 0.649. The summed E-state index contributed by atoms with van der Waals surface area (Å²) in [6, 6.07) is 5.64. The van der Waals surface area contributed by atoms with Crippen LogP contribution < -0.4 is 5.73 Å². The Morgan fingerprint density at radius 1 is 1.31 bits per heavy atom. The second-order valence-electron chi connectivity index (χ2n) is 3.76. The summed E-state index contributed by atoms with van der Waals surface area (Å²) in [5, 5.41) is 0. The quantitative estimate of drug-likeness (QED) is 0.801. The number of para-hydroxylation sites is 1. The van der Waals surface area contributed by atoms with Gasteiger partial charge in [0, 0.05) is 0 Å². The molecule has 0 spiro atoms. The van der Waals surface area contributed by atoms with Crippen molar-refractivity contribution in [3.63, 3.8) is 0 Å². The average Bonchev–Trinajstić information content (AvgIpc) is 2.70. The first-order valence-electron chi connectivity index (χ1n) is 5.60. The lowest BCUT2D eigenvalue weighted by Gasteiger charge is -2.14. The van der Waals surface area contributed by atoms with E-state index >= 15 is 0 Å². The molecule has 2 aromatic rings. The van der Waals surface area contributed by atoms with Gasteiger partial charge >= 0.3 is 0 Å². The van der Waals surface area contributed by atoms with Gasteiger partial charge in [0.2, 0.25) is 5.89 Å². The van der Waals surface area contributed by atoms with Crippen molar-refractivity contribution in [1.82, 2.24) is 9.88 Å². The minimum atomic E-state index is 0.649. The molecule has 0 amide bonds. The molecule has 4 nitrogen and oxygen atoms in total. The zero-order valence-electron chi connectivity index (χ0n) is 9.73. The topological polar surface area (TPSA) is 55.3 Å². The Morgan fingerprint density at radius 2 is 2.06 bits per heavy atom. The molecule has 0 fully saturated rings. The molecule has 0 saturated heterocycles. The molecule has 86 valence electrons. The lowest BCUT2D eigenvalue weighted by atomic mass is 10.3. The minimum Gasteiger partial charge on any atom is -0.437 e. The van der Waals surface area contributed by atoms with Crippen LogP contribution in [0.3, 0.4) is 0 Å². The highest BCUT2D eigenvalue weighted by Crippen LogP contribution is 2.22. The highest BCUT2D eigenvalue weighted by molar-refractivity contribution is 5.84. The van der Waals surface area contributed by atoms with E-state index in [1.807, 2.05) is 18.2 Å². The number of aromatic nitrogens is 1. The van der Waals surface area contributed by atoms with Gasteiger partial charge in [-0.2, -0.15) is 0 Å². The summed E-state index contributed by atoms with van der Waals surface area (Å²) < 4.78 is 5.66. The van der Waals surface area contributed by atoms with Crippen LogP contribution in [-0.4, -0.2) is 23.0 Å². The maximum Gasteiger partial charge on any atom is 0.209 e. The number of nitrogens with two attached hydrogens (primary N) is 1. The smallest absolute Gasteiger partial charge is 0.209 e. The van der Waals surface area contributed by atoms with Gasteiger partial charge in [0.15, 0.2) is 5.58 Å². The van der Waals surface area contributed by atoms with Gasteiger partial charge in [-0.15, -0.1) is 0 Å². The molecule has 0 saturated carbocycles. The highest BCUT2D eigenvalue weighted by atomic mass is 16.3. The monoisotopic (exact) mass is 219 g/mol. The van der Waals surface area contributed by atoms with E-state index in [9.17, 15) is 0 Å². The molecule has 2 rings (SSSR count). The number of anilines is 1. The number of nitrogens with zero attached hydrogens (tertiary/aromatic N) is 2. The maximum absolute atomic E-state index is 5.82. The van der Waals surface area contributed by atoms with Crippen molar-refractivity contribution >= 4 is 16.8 Å². The number of oxazole rings is 1. The van der Waals surface area contributed by atoms with Crippen molar-refractivity contribution in [3.8, 4) is 0 Å². The summed E-state index contributed by atoms with van der Waals surface area (Å²) in [7, 11) is 0. The third-order valence-corrected chi connectivity index (χ3v) is 2.74. The van der Waals surface area contributed by atoms with Crippen molar-refractivity contribution in [2.75, 3.05) is 18.8 Å². The number of benzene rings is 1. The van der Waals surface area contributed by atoms with Gasteiger partial charge in [0.25, 0.3) is 0 Å². The molecular formula is C12H17N3O. The molecule has 4 heteroatoms. The van der Waals surface area contributed by atoms with Crippen LogP contribution in [0.2, 0.25) is 0 Å². The van der Waals surface area contributed by atoms with Crippen molar-refractivity contribution in [2.45, 2.75) is 20.4 Å². The van der Waals surface area contributed by atoms with Crippen LogP contribution in [0.25, 0.3) is 11.1 Å². The summed E-state index contributed by atoms with van der Waals surface area (Å²) in [6.07, 6.45) is 0. The van der Waals surface area contributed by atoms with Gasteiger partial charge in [-0.25, -0.2) is 4.98 Å². The Hall–Kier alpha value is -1.55. The third-order valence-electron chi connectivity index (χ3n) is 2.74. The van der Waals surface area contributed by atoms with Gasteiger partial charge < -0.3 is 10.2 Å². The van der Waals surface area contributed by atoms with E-state index in [4.69, 9.17) is 10.2 Å². The molecule has 0 aliphatic rings. The summed E-state index contributed by atoms with van der Waals surface area (Å²) in [4.78, 5) is 6.67. The van der Waals surface area contributed by atoms with Crippen molar-refractivity contribution in [2.24, 2.45) is 0 Å². The normalized spacial score (nSPS) is 11.4. The van der Waals surface area contributed by atoms with Crippen molar-refractivity contribution in [3.05, 3.63) is 24.1 Å². The van der Waals surface area contributed by atoms with E-state index in [0.29, 0.717) is 11.3 Å². The van der Waals surface area contributed by atoms with E-state index in [0.717, 1.165) is 31.0 Å². The van der Waals surface area contributed by atoms with Gasteiger partial charge in [0.05, 0.1) is 12.2 Å². The molecule has 0 aliphatic heterocycles. The first-order valence-corrected chi connectivity index (χ1v) is 5.60. The standard InChI is InChI=1S/C12H17N3O/c1-3-15(4-2)8-11-14-10-7-5-6-9(13)12(10)16-11/h5-7H,3-4,8,13H2,1-2H3. The Bertz CT molecular complexity index is 474. The van der Waals surface area contributed by atoms with Gasteiger partial charge in [-0.05, 0) is 25.2 Å². The highest BCUT2D eigenvalue weighted by Gasteiger charge is 2.10. The fourth-order valence-corrected chi connectivity index (χ4v) is 1.72. The van der Waals surface area contributed by atoms with Crippen LogP contribution in [-0.2, 0) is 6.54 Å². The Balaban J connectivity index is 2.29. The van der Waals surface area contributed by atoms with Crippen LogP contribution in [0.15, 0.2) is 22.6 Å². The Kier molecular flexibility index (Phi) is 3.10. The van der Waals surface area contributed by atoms with E-state index in [2.05, 4.69) is 23.7 Å². The molecule has 1 aromatic carbocycles. The first-order chi connectivity index (χ1) is 7.74. The van der Waals surface area contributed by atoms with Gasteiger partial charge in [0.1, 0.15) is 5.52 Å². The fourth-order valence-electron chi connectivity index (χ4n) is 1.72. The molecule has 0 atom stereocenters. The third kappa shape index (κ3) is 2.02. The van der Waals surface area contributed by atoms with Crippen LogP contribution in [0, 0.1) is 0 Å². The molecule has 0 radical (unpaired) electrons. The molecule has 16 heavy (non-hydrogen) atoms. The number of hydrogen-bond acceptors (Lipinski definition) is 4. The van der Waals surface area contributed by atoms with Gasteiger partial charge in [-0.3, -0.25) is 4.90 Å². The SMILES string of the molecule is CCN(CC)Cc1nc2cccc(N)c2o1. The van der Waals surface area contributed by atoms with E-state index in [-0.39, 0.29) is 0 Å². The van der Waals surface area contributed by atoms with Crippen LogP contribution in [0.5, 0.6) is 0 Å².